The average molecular weight is 418 g/mol. The Bertz CT molecular complexity index is 1330. The van der Waals surface area contributed by atoms with Crippen LogP contribution in [-0.2, 0) is 0 Å². The molecule has 160 valence electrons. The van der Waals surface area contributed by atoms with Gasteiger partial charge in [-0.2, -0.15) is 0 Å². The van der Waals surface area contributed by atoms with E-state index in [0.717, 1.165) is 54.0 Å². The molecule has 0 spiro atoms. The Morgan fingerprint density at radius 1 is 0.935 bits per heavy atom. The van der Waals surface area contributed by atoms with E-state index in [4.69, 9.17) is 8.83 Å². The molecule has 1 aliphatic heterocycles. The van der Waals surface area contributed by atoms with Crippen molar-refractivity contribution in [3.8, 4) is 11.3 Å². The molecule has 0 aliphatic carbocycles. The molecule has 1 fully saturated rings. The lowest BCUT2D eigenvalue weighted by molar-refractivity contribution is 0.209. The average Bonchev–Trinajstić information content (AvgIpc) is 3.17. The van der Waals surface area contributed by atoms with Gasteiger partial charge in [-0.25, -0.2) is 4.79 Å². The minimum atomic E-state index is -0.393. The Kier molecular flexibility index (Phi) is 4.82. The monoisotopic (exact) mass is 417 g/mol. The zero-order valence-electron chi connectivity index (χ0n) is 18.4. The number of hydrogen-bond donors (Lipinski definition) is 0. The van der Waals surface area contributed by atoms with Crippen LogP contribution >= 0.6 is 0 Å². The van der Waals surface area contributed by atoms with E-state index in [-0.39, 0.29) is 0 Å². The number of pyridine rings is 1. The fourth-order valence-corrected chi connectivity index (χ4v) is 4.47. The lowest BCUT2D eigenvalue weighted by atomic mass is 10.1. The summed E-state index contributed by atoms with van der Waals surface area (Å²) < 4.78 is 11.7. The summed E-state index contributed by atoms with van der Waals surface area (Å²) in [6.45, 7) is 12.3. The van der Waals surface area contributed by atoms with E-state index in [2.05, 4.69) is 34.7 Å². The first-order valence-electron chi connectivity index (χ1n) is 10.8. The molecule has 0 bridgehead atoms. The first kappa shape index (κ1) is 19.8. The van der Waals surface area contributed by atoms with Crippen molar-refractivity contribution >= 4 is 27.6 Å². The molecule has 3 aromatic heterocycles. The Morgan fingerprint density at radius 2 is 1.71 bits per heavy atom. The molecule has 0 atom stereocenters. The van der Waals surface area contributed by atoms with Crippen molar-refractivity contribution in [3.63, 3.8) is 0 Å². The lowest BCUT2D eigenvalue weighted by Gasteiger charge is -2.38. The van der Waals surface area contributed by atoms with Crippen molar-refractivity contribution in [2.45, 2.75) is 33.7 Å². The van der Waals surface area contributed by atoms with Crippen LogP contribution in [0.4, 0.5) is 5.69 Å². The zero-order valence-corrected chi connectivity index (χ0v) is 18.4. The summed E-state index contributed by atoms with van der Waals surface area (Å²) in [7, 11) is 0. The summed E-state index contributed by atoms with van der Waals surface area (Å²) in [5.74, 6) is 0.509. The van der Waals surface area contributed by atoms with Gasteiger partial charge in [-0.05, 0) is 58.0 Å². The number of aromatic nitrogens is 1. The highest BCUT2D eigenvalue weighted by molar-refractivity contribution is 5.88. The van der Waals surface area contributed by atoms with Crippen molar-refractivity contribution in [2.24, 2.45) is 0 Å². The quantitative estimate of drug-likeness (QED) is 0.448. The Hall–Kier alpha value is -3.12. The second-order valence-corrected chi connectivity index (χ2v) is 8.66. The number of hydrogen-bond acceptors (Lipinski definition) is 6. The third-order valence-electron chi connectivity index (χ3n) is 6.19. The minimum absolute atomic E-state index is 0.393. The van der Waals surface area contributed by atoms with Crippen LogP contribution < -0.4 is 10.5 Å². The van der Waals surface area contributed by atoms with Crippen molar-refractivity contribution in [3.05, 3.63) is 58.2 Å². The van der Waals surface area contributed by atoms with Gasteiger partial charge in [0.1, 0.15) is 16.9 Å². The maximum Gasteiger partial charge on any atom is 0.347 e. The smallest absolute Gasteiger partial charge is 0.347 e. The van der Waals surface area contributed by atoms with Gasteiger partial charge in [-0.3, -0.25) is 9.88 Å². The van der Waals surface area contributed by atoms with E-state index in [9.17, 15) is 4.79 Å². The summed E-state index contributed by atoms with van der Waals surface area (Å²) in [6, 6.07) is 12.4. The van der Waals surface area contributed by atoms with E-state index in [0.29, 0.717) is 28.5 Å². The maximum absolute atomic E-state index is 12.8. The van der Waals surface area contributed by atoms with Gasteiger partial charge < -0.3 is 13.7 Å². The zero-order chi connectivity index (χ0) is 21.7. The van der Waals surface area contributed by atoms with Crippen LogP contribution in [0.3, 0.4) is 0 Å². The molecular formula is C25H27N3O3. The number of aryl methyl sites for hydroxylation is 2. The topological polar surface area (TPSA) is 62.7 Å². The van der Waals surface area contributed by atoms with Crippen molar-refractivity contribution in [2.75, 3.05) is 31.1 Å². The fourth-order valence-electron chi connectivity index (χ4n) is 4.47. The molecule has 1 aliphatic rings. The van der Waals surface area contributed by atoms with Gasteiger partial charge in [0.05, 0.1) is 5.69 Å². The molecule has 6 nitrogen and oxygen atoms in total. The van der Waals surface area contributed by atoms with Crippen LogP contribution in [0.1, 0.15) is 25.2 Å². The van der Waals surface area contributed by atoms with E-state index in [1.807, 2.05) is 44.2 Å². The third-order valence-corrected chi connectivity index (χ3v) is 6.19. The molecule has 0 unspecified atom stereocenters. The second kappa shape index (κ2) is 7.54. The van der Waals surface area contributed by atoms with Crippen LogP contribution in [0.25, 0.3) is 33.3 Å². The normalized spacial score (nSPS) is 15.5. The fraction of sp³-hybridized carbons (Fsp3) is 0.360. The number of furan rings is 1. The highest BCUT2D eigenvalue weighted by Gasteiger charge is 2.20. The highest BCUT2D eigenvalue weighted by Crippen LogP contribution is 2.30. The van der Waals surface area contributed by atoms with E-state index < -0.39 is 5.63 Å². The summed E-state index contributed by atoms with van der Waals surface area (Å²) in [5, 5.41) is 1.82. The third kappa shape index (κ3) is 3.61. The van der Waals surface area contributed by atoms with Crippen LogP contribution in [0.15, 0.2) is 50.0 Å². The molecule has 5 rings (SSSR count). The summed E-state index contributed by atoms with van der Waals surface area (Å²) in [5.41, 5.74) is 4.17. The van der Waals surface area contributed by atoms with Crippen LogP contribution in [0, 0.1) is 13.8 Å². The predicted molar refractivity (Wildman–Crippen MR) is 124 cm³/mol. The molecule has 1 aromatic carbocycles. The lowest BCUT2D eigenvalue weighted by Crippen LogP contribution is -2.48. The summed E-state index contributed by atoms with van der Waals surface area (Å²) >= 11 is 0. The molecule has 1 saturated heterocycles. The SMILES string of the molecule is Cc1cc2cc(-c3cc4ccc(N5CCN(C(C)C)CC5)cc4oc3=O)oc2c(C)n1. The standard InChI is InChI=1S/C25H27N3O3/c1-15(2)27-7-9-28(10-8-27)20-6-5-18-12-21(25(29)31-22(18)14-20)23-13-19-11-16(3)26-17(4)24(19)30-23/h5-6,11-15H,7-10H2,1-4H3. The van der Waals surface area contributed by atoms with Gasteiger partial charge in [0.25, 0.3) is 0 Å². The minimum Gasteiger partial charge on any atom is -0.454 e. The molecule has 31 heavy (non-hydrogen) atoms. The number of nitrogens with zero attached hydrogens (tertiary/aromatic N) is 3. The summed E-state index contributed by atoms with van der Waals surface area (Å²) in [6.07, 6.45) is 0. The van der Waals surface area contributed by atoms with Gasteiger partial charge in [-0.15, -0.1) is 0 Å². The number of fused-ring (bicyclic) bond motifs is 2. The van der Waals surface area contributed by atoms with E-state index >= 15 is 0 Å². The summed E-state index contributed by atoms with van der Waals surface area (Å²) in [4.78, 5) is 22.1. The van der Waals surface area contributed by atoms with Gasteiger partial charge in [0, 0.05) is 60.4 Å². The number of benzene rings is 1. The highest BCUT2D eigenvalue weighted by atomic mass is 16.4. The van der Waals surface area contributed by atoms with Crippen molar-refractivity contribution in [1.82, 2.24) is 9.88 Å². The number of rotatable bonds is 3. The molecule has 0 saturated carbocycles. The molecule has 0 radical (unpaired) electrons. The first-order chi connectivity index (χ1) is 14.9. The van der Waals surface area contributed by atoms with Crippen LogP contribution in [0.2, 0.25) is 0 Å². The number of piperazine rings is 1. The van der Waals surface area contributed by atoms with Gasteiger partial charge >= 0.3 is 5.63 Å². The van der Waals surface area contributed by atoms with E-state index in [1.165, 1.54) is 0 Å². The van der Waals surface area contributed by atoms with Crippen LogP contribution in [0.5, 0.6) is 0 Å². The Labute approximate surface area is 181 Å². The molecule has 0 N–H and O–H groups in total. The van der Waals surface area contributed by atoms with Crippen molar-refractivity contribution in [1.29, 1.82) is 0 Å². The second-order valence-electron chi connectivity index (χ2n) is 8.66. The van der Waals surface area contributed by atoms with Gasteiger partial charge in [0.15, 0.2) is 5.58 Å². The Morgan fingerprint density at radius 3 is 2.45 bits per heavy atom. The molecule has 4 aromatic rings. The maximum atomic E-state index is 12.8. The van der Waals surface area contributed by atoms with Crippen molar-refractivity contribution < 1.29 is 8.83 Å². The van der Waals surface area contributed by atoms with Gasteiger partial charge in [0.2, 0.25) is 0 Å². The number of anilines is 1. The van der Waals surface area contributed by atoms with Gasteiger partial charge in [-0.1, -0.05) is 0 Å². The largest absolute Gasteiger partial charge is 0.454 e. The first-order valence-corrected chi connectivity index (χ1v) is 10.8. The molecule has 6 heteroatoms. The molecular weight excluding hydrogens is 390 g/mol. The van der Waals surface area contributed by atoms with Crippen LogP contribution in [-0.4, -0.2) is 42.1 Å². The van der Waals surface area contributed by atoms with E-state index in [1.54, 1.807) is 0 Å². The Balaban J connectivity index is 1.49. The molecule has 0 amide bonds. The molecule has 4 heterocycles. The predicted octanol–water partition coefficient (Wildman–Crippen LogP) is 4.75.